The number of nitrogens with zero attached hydrogens (tertiary/aromatic N) is 2. The first-order valence-electron chi connectivity index (χ1n) is 9.99. The quantitative estimate of drug-likeness (QED) is 0.271. The Bertz CT molecular complexity index is 1490. The van der Waals surface area contributed by atoms with Crippen LogP contribution in [0.25, 0.3) is 11.0 Å². The molecule has 4 aromatic rings. The van der Waals surface area contributed by atoms with Crippen LogP contribution < -0.4 is 10.0 Å². The maximum atomic E-state index is 13.2. The van der Waals surface area contributed by atoms with Crippen molar-refractivity contribution in [3.8, 4) is 0 Å². The molecule has 0 spiro atoms. The number of benzene rings is 3. The highest BCUT2D eigenvalue weighted by atomic mass is 127. The number of fused-ring (bicyclic) bond motifs is 1. The van der Waals surface area contributed by atoms with Crippen LogP contribution in [0.2, 0.25) is 10.0 Å². The fourth-order valence-electron chi connectivity index (χ4n) is 3.31. The zero-order chi connectivity index (χ0) is 24.3. The molecular formula is C23H17Cl2IN4O3S. The zero-order valence-corrected chi connectivity index (χ0v) is 21.9. The third-order valence-electron chi connectivity index (χ3n) is 4.92. The molecule has 0 aliphatic heterocycles. The summed E-state index contributed by atoms with van der Waals surface area (Å²) in [5, 5.41) is 3.86. The van der Waals surface area contributed by atoms with Gasteiger partial charge in [0.2, 0.25) is 0 Å². The van der Waals surface area contributed by atoms with Crippen LogP contribution in [0.5, 0.6) is 0 Å². The van der Waals surface area contributed by atoms with Crippen LogP contribution in [0.4, 0.5) is 5.69 Å². The highest BCUT2D eigenvalue weighted by Crippen LogP contribution is 2.26. The molecule has 34 heavy (non-hydrogen) atoms. The van der Waals surface area contributed by atoms with Crippen LogP contribution in [0, 0.1) is 3.57 Å². The number of sulfonamides is 1. The van der Waals surface area contributed by atoms with Gasteiger partial charge in [-0.05, 0) is 77.0 Å². The fourth-order valence-corrected chi connectivity index (χ4v) is 5.54. The van der Waals surface area contributed by atoms with Crippen LogP contribution in [0.3, 0.4) is 0 Å². The van der Waals surface area contributed by atoms with Gasteiger partial charge in [0.15, 0.2) is 0 Å². The Morgan fingerprint density at radius 3 is 2.59 bits per heavy atom. The Morgan fingerprint density at radius 2 is 1.79 bits per heavy atom. The van der Waals surface area contributed by atoms with Gasteiger partial charge in [-0.2, -0.15) is 0 Å². The molecule has 11 heteroatoms. The number of anilines is 1. The van der Waals surface area contributed by atoms with E-state index in [4.69, 9.17) is 23.2 Å². The lowest BCUT2D eigenvalue weighted by Gasteiger charge is -2.14. The summed E-state index contributed by atoms with van der Waals surface area (Å²) in [6, 6.07) is 14.8. The van der Waals surface area contributed by atoms with E-state index in [0.717, 1.165) is 9.13 Å². The molecule has 0 saturated heterocycles. The molecule has 2 N–H and O–H groups in total. The SMILES string of the molecule is O=C(NCCc1ccc(Cl)cc1Cl)c1ccc(I)cc1NS(=O)(=O)c1cccc2nccnc12. The molecule has 7 nitrogen and oxygen atoms in total. The molecule has 1 aromatic heterocycles. The standard InChI is InChI=1S/C23H17Cl2IN4O3S/c24-15-5-4-14(18(25)12-15)8-9-29-23(31)17-7-6-16(26)13-20(17)30-34(32,33)21-3-1-2-19-22(21)28-11-10-27-19/h1-7,10-13,30H,8-9H2,(H,29,31). The van der Waals surface area contributed by atoms with E-state index < -0.39 is 15.9 Å². The Morgan fingerprint density at radius 1 is 1.00 bits per heavy atom. The van der Waals surface area contributed by atoms with Crippen molar-refractivity contribution in [2.75, 3.05) is 11.3 Å². The maximum absolute atomic E-state index is 13.2. The van der Waals surface area contributed by atoms with Crippen molar-refractivity contribution in [2.24, 2.45) is 0 Å². The highest BCUT2D eigenvalue weighted by molar-refractivity contribution is 14.1. The van der Waals surface area contributed by atoms with E-state index in [9.17, 15) is 13.2 Å². The molecule has 0 atom stereocenters. The third kappa shape index (κ3) is 5.60. The molecule has 0 aliphatic carbocycles. The first-order chi connectivity index (χ1) is 16.2. The van der Waals surface area contributed by atoms with Gasteiger partial charge in [0.25, 0.3) is 15.9 Å². The van der Waals surface area contributed by atoms with Gasteiger partial charge in [-0.15, -0.1) is 0 Å². The predicted octanol–water partition coefficient (Wildman–Crippen LogP) is 5.31. The lowest BCUT2D eigenvalue weighted by atomic mass is 10.1. The van der Waals surface area contributed by atoms with Gasteiger partial charge in [-0.3, -0.25) is 19.5 Å². The molecule has 3 aromatic carbocycles. The average Bonchev–Trinajstić information content (AvgIpc) is 2.80. The minimum absolute atomic E-state index is 0.0271. The van der Waals surface area contributed by atoms with Gasteiger partial charge >= 0.3 is 0 Å². The maximum Gasteiger partial charge on any atom is 0.264 e. The minimum atomic E-state index is -4.05. The number of aromatic nitrogens is 2. The topological polar surface area (TPSA) is 101 Å². The first-order valence-corrected chi connectivity index (χ1v) is 13.3. The number of hydrogen-bond donors (Lipinski definition) is 2. The number of hydrogen-bond acceptors (Lipinski definition) is 5. The van der Waals surface area contributed by atoms with Crippen LogP contribution in [0.1, 0.15) is 15.9 Å². The van der Waals surface area contributed by atoms with Crippen LogP contribution in [0.15, 0.2) is 71.9 Å². The molecule has 174 valence electrons. The van der Waals surface area contributed by atoms with Crippen molar-refractivity contribution in [3.63, 3.8) is 0 Å². The van der Waals surface area contributed by atoms with Crippen molar-refractivity contribution in [2.45, 2.75) is 11.3 Å². The third-order valence-corrected chi connectivity index (χ3v) is 7.57. The molecule has 0 bridgehead atoms. The van der Waals surface area contributed by atoms with E-state index in [1.54, 1.807) is 48.5 Å². The van der Waals surface area contributed by atoms with Crippen molar-refractivity contribution >= 4 is 78.4 Å². The van der Waals surface area contributed by atoms with Gasteiger partial charge in [-0.1, -0.05) is 35.3 Å². The van der Waals surface area contributed by atoms with Gasteiger partial charge in [0, 0.05) is 32.6 Å². The molecule has 1 amide bonds. The largest absolute Gasteiger partial charge is 0.352 e. The summed E-state index contributed by atoms with van der Waals surface area (Å²) in [5.74, 6) is -0.420. The van der Waals surface area contributed by atoms with Crippen LogP contribution in [-0.4, -0.2) is 30.8 Å². The number of amides is 1. The van der Waals surface area contributed by atoms with Gasteiger partial charge < -0.3 is 5.32 Å². The van der Waals surface area contributed by atoms with E-state index in [-0.39, 0.29) is 21.7 Å². The van der Waals surface area contributed by atoms with Crippen LogP contribution in [-0.2, 0) is 16.4 Å². The Kier molecular flexibility index (Phi) is 7.56. The number of carbonyl (C=O) groups is 1. The normalized spacial score (nSPS) is 11.4. The molecule has 0 aliphatic rings. The summed E-state index contributed by atoms with van der Waals surface area (Å²) >= 11 is 14.2. The monoisotopic (exact) mass is 626 g/mol. The van der Waals surface area contributed by atoms with Crippen molar-refractivity contribution < 1.29 is 13.2 Å². The summed E-state index contributed by atoms with van der Waals surface area (Å²) in [6.07, 6.45) is 3.41. The van der Waals surface area contributed by atoms with Crippen molar-refractivity contribution in [1.82, 2.24) is 15.3 Å². The fraction of sp³-hybridized carbons (Fsp3) is 0.0870. The summed E-state index contributed by atoms with van der Waals surface area (Å²) in [5.41, 5.74) is 1.89. The van der Waals surface area contributed by atoms with E-state index in [0.29, 0.717) is 28.5 Å². The molecular weight excluding hydrogens is 610 g/mol. The number of carbonyl (C=O) groups excluding carboxylic acids is 1. The highest BCUT2D eigenvalue weighted by Gasteiger charge is 2.22. The predicted molar refractivity (Wildman–Crippen MR) is 142 cm³/mol. The minimum Gasteiger partial charge on any atom is -0.352 e. The van der Waals surface area contributed by atoms with Gasteiger partial charge in [-0.25, -0.2) is 8.42 Å². The van der Waals surface area contributed by atoms with Crippen molar-refractivity contribution in [1.29, 1.82) is 0 Å². The average molecular weight is 627 g/mol. The van der Waals surface area contributed by atoms with E-state index in [2.05, 4.69) is 42.6 Å². The molecule has 0 saturated carbocycles. The van der Waals surface area contributed by atoms with E-state index >= 15 is 0 Å². The second-order valence-corrected chi connectivity index (χ2v) is 11.0. The van der Waals surface area contributed by atoms with E-state index in [1.807, 2.05) is 0 Å². The first kappa shape index (κ1) is 24.6. The summed E-state index contributed by atoms with van der Waals surface area (Å²) < 4.78 is 29.8. The molecule has 0 unspecified atom stereocenters. The lowest BCUT2D eigenvalue weighted by Crippen LogP contribution is -2.27. The molecule has 0 radical (unpaired) electrons. The zero-order valence-electron chi connectivity index (χ0n) is 17.4. The summed E-state index contributed by atoms with van der Waals surface area (Å²) in [7, 11) is -4.05. The Hall–Kier alpha value is -2.47. The van der Waals surface area contributed by atoms with E-state index in [1.165, 1.54) is 18.5 Å². The summed E-state index contributed by atoms with van der Waals surface area (Å²) in [4.78, 5) is 21.2. The summed E-state index contributed by atoms with van der Waals surface area (Å²) in [6.45, 7) is 0.303. The number of rotatable bonds is 7. The Labute approximate surface area is 220 Å². The number of nitrogens with one attached hydrogen (secondary N) is 2. The Balaban J connectivity index is 1.56. The van der Waals surface area contributed by atoms with Crippen LogP contribution >= 0.6 is 45.8 Å². The second kappa shape index (κ2) is 10.4. The van der Waals surface area contributed by atoms with Gasteiger partial charge in [0.1, 0.15) is 10.4 Å². The van der Waals surface area contributed by atoms with Crippen molar-refractivity contribution in [3.05, 3.63) is 91.7 Å². The smallest absolute Gasteiger partial charge is 0.264 e. The molecule has 1 heterocycles. The molecule has 4 rings (SSSR count). The second-order valence-electron chi connectivity index (χ2n) is 7.22. The lowest BCUT2D eigenvalue weighted by molar-refractivity contribution is 0.0955. The number of halogens is 3. The number of para-hydroxylation sites is 1. The molecule has 0 fully saturated rings. The van der Waals surface area contributed by atoms with Gasteiger partial charge in [0.05, 0.1) is 16.8 Å².